The smallest absolute Gasteiger partial charge is 0.243 e. The van der Waals surface area contributed by atoms with Gasteiger partial charge in [0.2, 0.25) is 27.7 Å². The van der Waals surface area contributed by atoms with Gasteiger partial charge in [-0.05, 0) is 74.0 Å². The maximum Gasteiger partial charge on any atom is 0.243 e. The zero-order valence-corrected chi connectivity index (χ0v) is 26.7. The number of hydrogen-bond acceptors (Lipinski definition) is 7. The summed E-state index contributed by atoms with van der Waals surface area (Å²) in [4.78, 5) is 43.6. The van der Waals surface area contributed by atoms with E-state index in [1.54, 1.807) is 54.4 Å². The molecule has 2 heterocycles. The Labute approximate surface area is 264 Å². The second kappa shape index (κ2) is 15.8. The molecule has 2 aliphatic heterocycles. The maximum absolute atomic E-state index is 13.9. The van der Waals surface area contributed by atoms with E-state index in [0.717, 1.165) is 37.1 Å². The Morgan fingerprint density at radius 2 is 1.82 bits per heavy atom. The first-order chi connectivity index (χ1) is 21.1. The molecular weight excluding hydrogens is 604 g/mol. The molecule has 44 heavy (non-hydrogen) atoms. The van der Waals surface area contributed by atoms with Crippen LogP contribution < -0.4 is 21.1 Å². The molecule has 2 aliphatic rings. The summed E-state index contributed by atoms with van der Waals surface area (Å²) >= 11 is 6.14. The molecule has 2 aromatic rings. The third-order valence-corrected chi connectivity index (χ3v) is 9.99. The van der Waals surface area contributed by atoms with Crippen molar-refractivity contribution in [3.63, 3.8) is 0 Å². The predicted molar refractivity (Wildman–Crippen MR) is 170 cm³/mol. The summed E-state index contributed by atoms with van der Waals surface area (Å²) < 4.78 is 29.0. The van der Waals surface area contributed by atoms with Crippen molar-refractivity contribution in [3.8, 4) is 0 Å². The predicted octanol–water partition coefficient (Wildman–Crippen LogP) is 1.88. The van der Waals surface area contributed by atoms with Crippen LogP contribution in [0.15, 0.2) is 48.5 Å². The molecule has 0 radical (unpaired) electrons. The average Bonchev–Trinajstić information content (AvgIpc) is 3.52. The van der Waals surface area contributed by atoms with Gasteiger partial charge in [0.05, 0.1) is 5.75 Å². The van der Waals surface area contributed by atoms with Crippen LogP contribution in [0.3, 0.4) is 0 Å². The van der Waals surface area contributed by atoms with Gasteiger partial charge in [-0.15, -0.1) is 0 Å². The van der Waals surface area contributed by atoms with Crippen molar-refractivity contribution in [1.29, 1.82) is 0 Å². The van der Waals surface area contributed by atoms with Crippen molar-refractivity contribution in [2.75, 3.05) is 26.7 Å². The van der Waals surface area contributed by atoms with Crippen LogP contribution in [0.1, 0.15) is 55.2 Å². The summed E-state index contributed by atoms with van der Waals surface area (Å²) in [6, 6.07) is 12.1. The summed E-state index contributed by atoms with van der Waals surface area (Å²) in [5.41, 5.74) is 8.05. The summed E-state index contributed by atoms with van der Waals surface area (Å²) in [7, 11) is -2.19. The normalized spacial score (nSPS) is 18.2. The zero-order valence-electron chi connectivity index (χ0n) is 25.1. The van der Waals surface area contributed by atoms with Crippen molar-refractivity contribution >= 4 is 39.3 Å². The third-order valence-electron chi connectivity index (χ3n) is 8.40. The van der Waals surface area contributed by atoms with Gasteiger partial charge in [-0.1, -0.05) is 48.0 Å². The van der Waals surface area contributed by atoms with Crippen molar-refractivity contribution in [2.24, 2.45) is 5.73 Å². The molecule has 2 saturated heterocycles. The topological polar surface area (TPSA) is 154 Å². The molecule has 240 valence electrons. The second-order valence-electron chi connectivity index (χ2n) is 11.5. The Hall–Kier alpha value is -3.03. The quantitative estimate of drug-likeness (QED) is 0.259. The molecule has 0 saturated carbocycles. The van der Waals surface area contributed by atoms with E-state index in [-0.39, 0.29) is 49.5 Å². The van der Waals surface area contributed by atoms with Gasteiger partial charge in [-0.25, -0.2) is 13.1 Å². The van der Waals surface area contributed by atoms with E-state index in [2.05, 4.69) is 15.4 Å². The molecule has 0 aromatic heterocycles. The van der Waals surface area contributed by atoms with E-state index in [9.17, 15) is 22.8 Å². The van der Waals surface area contributed by atoms with E-state index >= 15 is 0 Å². The molecule has 2 aromatic carbocycles. The van der Waals surface area contributed by atoms with Crippen LogP contribution >= 0.6 is 11.6 Å². The first-order valence-corrected chi connectivity index (χ1v) is 17.2. The number of benzene rings is 2. The van der Waals surface area contributed by atoms with Crippen LogP contribution in [0.4, 0.5) is 0 Å². The Bertz CT molecular complexity index is 1400. The molecule has 0 spiro atoms. The minimum Gasteiger partial charge on any atom is -0.350 e. The number of nitrogens with two attached hydrogens (primary N) is 1. The average molecular weight is 647 g/mol. The molecule has 4 rings (SSSR count). The monoisotopic (exact) mass is 646 g/mol. The fourth-order valence-corrected chi connectivity index (χ4v) is 7.45. The number of carbonyl (C=O) groups excluding carboxylic acids is 3. The van der Waals surface area contributed by atoms with Crippen LogP contribution in [-0.2, 0) is 43.2 Å². The SMILES string of the molecule is CN(C(=O)CCC(NS(=O)(=O)Cc1ccccc1)C(=O)N1CCCC1C(=O)NCc1cc(Cl)ccc1CN)C1CCNCC1. The number of amides is 3. The minimum absolute atomic E-state index is 0.00791. The van der Waals surface area contributed by atoms with Gasteiger partial charge in [-0.2, -0.15) is 0 Å². The number of nitrogens with one attached hydrogen (secondary N) is 3. The number of carbonyl (C=O) groups is 3. The fraction of sp³-hybridized carbons (Fsp3) is 0.516. The second-order valence-corrected chi connectivity index (χ2v) is 13.7. The van der Waals surface area contributed by atoms with Crippen molar-refractivity contribution in [1.82, 2.24) is 25.2 Å². The molecule has 13 heteroatoms. The number of nitrogens with zero attached hydrogens (tertiary/aromatic N) is 2. The first kappa shape index (κ1) is 33.9. The highest BCUT2D eigenvalue weighted by molar-refractivity contribution is 7.88. The molecule has 0 aliphatic carbocycles. The molecule has 3 amide bonds. The van der Waals surface area contributed by atoms with E-state index in [4.69, 9.17) is 17.3 Å². The molecule has 2 fully saturated rings. The number of hydrogen-bond donors (Lipinski definition) is 4. The Balaban J connectivity index is 1.47. The van der Waals surface area contributed by atoms with Gasteiger partial charge in [-0.3, -0.25) is 14.4 Å². The van der Waals surface area contributed by atoms with Gasteiger partial charge in [0.15, 0.2) is 0 Å². The van der Waals surface area contributed by atoms with E-state index in [0.29, 0.717) is 30.0 Å². The summed E-state index contributed by atoms with van der Waals surface area (Å²) in [5.74, 6) is -1.31. The minimum atomic E-state index is -3.95. The molecule has 2 atom stereocenters. The summed E-state index contributed by atoms with van der Waals surface area (Å²) in [5, 5.41) is 6.70. The summed E-state index contributed by atoms with van der Waals surface area (Å²) in [6.45, 7) is 2.43. The number of halogens is 1. The van der Waals surface area contributed by atoms with Gasteiger partial charge in [0.25, 0.3) is 0 Å². The lowest BCUT2D eigenvalue weighted by atomic mass is 10.0. The van der Waals surface area contributed by atoms with Crippen LogP contribution in [0.5, 0.6) is 0 Å². The van der Waals surface area contributed by atoms with Crippen LogP contribution in [0, 0.1) is 0 Å². The zero-order chi connectivity index (χ0) is 31.7. The number of piperidine rings is 1. The number of likely N-dealkylation sites (tertiary alicyclic amines) is 1. The van der Waals surface area contributed by atoms with Crippen LogP contribution in [0.2, 0.25) is 5.02 Å². The lowest BCUT2D eigenvalue weighted by Crippen LogP contribution is -2.54. The largest absolute Gasteiger partial charge is 0.350 e. The maximum atomic E-state index is 13.9. The standard InChI is InChI=1S/C31H43ClN6O5S/c1-37(26-13-15-34-16-14-26)29(39)12-11-27(36-44(42,43)21-22-6-3-2-4-7-22)31(41)38-17-5-8-28(38)30(40)35-20-24-18-25(32)10-9-23(24)19-33/h2-4,6-7,9-10,18,26-28,34,36H,5,8,11-17,19-21,33H2,1H3,(H,35,40). The molecule has 2 unspecified atom stereocenters. The summed E-state index contributed by atoms with van der Waals surface area (Å²) in [6.07, 6.45) is 2.68. The van der Waals surface area contributed by atoms with Crippen LogP contribution in [-0.4, -0.2) is 80.7 Å². The van der Waals surface area contributed by atoms with E-state index in [1.807, 2.05) is 6.07 Å². The van der Waals surface area contributed by atoms with E-state index < -0.39 is 28.0 Å². The van der Waals surface area contributed by atoms with Gasteiger partial charge >= 0.3 is 0 Å². The highest BCUT2D eigenvalue weighted by Gasteiger charge is 2.38. The van der Waals surface area contributed by atoms with Gasteiger partial charge in [0.1, 0.15) is 12.1 Å². The van der Waals surface area contributed by atoms with Crippen LogP contribution in [0.25, 0.3) is 0 Å². The molecular formula is C31H43ClN6O5S. The highest BCUT2D eigenvalue weighted by atomic mass is 35.5. The highest BCUT2D eigenvalue weighted by Crippen LogP contribution is 2.22. The Morgan fingerprint density at radius 3 is 2.52 bits per heavy atom. The molecule has 11 nitrogen and oxygen atoms in total. The van der Waals surface area contributed by atoms with Gasteiger partial charge < -0.3 is 26.2 Å². The lowest BCUT2D eigenvalue weighted by molar-refractivity contribution is -0.140. The third kappa shape index (κ3) is 9.24. The number of rotatable bonds is 13. The Kier molecular flexibility index (Phi) is 12.2. The van der Waals surface area contributed by atoms with Crippen molar-refractivity contribution in [3.05, 3.63) is 70.2 Å². The van der Waals surface area contributed by atoms with Crippen molar-refractivity contribution in [2.45, 2.75) is 75.5 Å². The Morgan fingerprint density at radius 1 is 1.09 bits per heavy atom. The molecule has 0 bridgehead atoms. The first-order valence-electron chi connectivity index (χ1n) is 15.1. The lowest BCUT2D eigenvalue weighted by Gasteiger charge is -2.32. The fourth-order valence-electron chi connectivity index (χ4n) is 5.89. The van der Waals surface area contributed by atoms with E-state index in [1.165, 1.54) is 4.90 Å². The van der Waals surface area contributed by atoms with Gasteiger partial charge in [0, 0.05) is 44.2 Å². The van der Waals surface area contributed by atoms with Crippen molar-refractivity contribution < 1.29 is 22.8 Å². The number of sulfonamides is 1. The molecule has 5 N–H and O–H groups in total.